The number of aromatic carboxylic acids is 2. The number of ether oxygens (including phenoxy) is 1. The molecule has 6 rings (SSSR count). The molecular formula is C30H18N2O11. The van der Waals surface area contributed by atoms with E-state index < -0.39 is 70.0 Å². The van der Waals surface area contributed by atoms with E-state index in [1.54, 1.807) is 0 Å². The van der Waals surface area contributed by atoms with E-state index in [1.807, 2.05) is 0 Å². The van der Waals surface area contributed by atoms with Crippen molar-refractivity contribution >= 4 is 46.9 Å². The summed E-state index contributed by atoms with van der Waals surface area (Å²) in [5, 5.41) is 38.1. The Kier molecular flexibility index (Phi) is 6.08. The van der Waals surface area contributed by atoms with Gasteiger partial charge in [0.1, 0.15) is 34.1 Å². The van der Waals surface area contributed by atoms with Crippen LogP contribution in [0, 0.1) is 11.8 Å². The van der Waals surface area contributed by atoms with Crippen LogP contribution in [0.15, 0.2) is 78.6 Å². The molecule has 3 aromatic rings. The number of benzene rings is 3. The van der Waals surface area contributed by atoms with Gasteiger partial charge in [-0.15, -0.1) is 0 Å². The molecule has 0 saturated carbocycles. The molecule has 2 atom stereocenters. The average molecular weight is 582 g/mol. The Morgan fingerprint density at radius 1 is 0.674 bits per heavy atom. The van der Waals surface area contributed by atoms with Crippen molar-refractivity contribution in [3.63, 3.8) is 0 Å². The highest BCUT2D eigenvalue weighted by Crippen LogP contribution is 2.38. The van der Waals surface area contributed by atoms with Crippen LogP contribution in [-0.4, -0.2) is 56.0 Å². The number of carboxylic acids is 2. The summed E-state index contributed by atoms with van der Waals surface area (Å²) in [4.78, 5) is 76.9. The number of carbonyl (C=O) groups is 6. The van der Waals surface area contributed by atoms with Crippen LogP contribution in [-0.2, 0) is 9.59 Å². The minimum Gasteiger partial charge on any atom is -0.507 e. The number of amides is 4. The first-order chi connectivity index (χ1) is 20.5. The van der Waals surface area contributed by atoms with Gasteiger partial charge in [0.05, 0.1) is 34.3 Å². The third kappa shape index (κ3) is 4.26. The highest BCUT2D eigenvalue weighted by atomic mass is 16.5. The highest BCUT2D eigenvalue weighted by Gasteiger charge is 2.47. The summed E-state index contributed by atoms with van der Waals surface area (Å²) >= 11 is 0. The van der Waals surface area contributed by atoms with Crippen molar-refractivity contribution in [2.45, 2.75) is 0 Å². The summed E-state index contributed by atoms with van der Waals surface area (Å²) in [6, 6.07) is 10.8. The van der Waals surface area contributed by atoms with Crippen LogP contribution >= 0.6 is 0 Å². The second-order valence-electron chi connectivity index (χ2n) is 9.76. The SMILES string of the molecule is O=C(O)c1cc(N2C(=O)c3ccc(OC4=CC5C(=O)N(c6ccc(O)c(C(=O)O)c6)C(=O)C5C=C4)cc3C2=O)ccc1O. The monoisotopic (exact) mass is 582 g/mol. The van der Waals surface area contributed by atoms with Gasteiger partial charge < -0.3 is 25.2 Å². The molecule has 0 spiro atoms. The van der Waals surface area contributed by atoms with Crippen molar-refractivity contribution in [3.8, 4) is 17.2 Å². The first-order valence-electron chi connectivity index (χ1n) is 12.6. The Morgan fingerprint density at radius 3 is 1.84 bits per heavy atom. The summed E-state index contributed by atoms with van der Waals surface area (Å²) in [6.45, 7) is 0. The Morgan fingerprint density at radius 2 is 1.23 bits per heavy atom. The van der Waals surface area contributed by atoms with Gasteiger partial charge in [-0.2, -0.15) is 0 Å². The molecule has 4 amide bonds. The molecule has 1 saturated heterocycles. The van der Waals surface area contributed by atoms with Gasteiger partial charge in [0.25, 0.3) is 11.8 Å². The van der Waals surface area contributed by atoms with Crippen molar-refractivity contribution < 1.29 is 53.9 Å². The van der Waals surface area contributed by atoms with Gasteiger partial charge in [-0.25, -0.2) is 19.4 Å². The number of carbonyl (C=O) groups excluding carboxylic acids is 4. The fraction of sp³-hybridized carbons (Fsp3) is 0.0667. The number of fused-ring (bicyclic) bond motifs is 2. The molecule has 4 N–H and O–H groups in total. The number of rotatable bonds is 6. The lowest BCUT2D eigenvalue weighted by atomic mass is 9.90. The topological polar surface area (TPSA) is 199 Å². The molecule has 3 aromatic carbocycles. The van der Waals surface area contributed by atoms with Crippen molar-refractivity contribution in [3.05, 3.63) is 101 Å². The minimum absolute atomic E-state index is 0.0145. The molecule has 3 aliphatic rings. The lowest BCUT2D eigenvalue weighted by Crippen LogP contribution is -2.30. The lowest BCUT2D eigenvalue weighted by molar-refractivity contribution is -0.122. The number of hydrogen-bond acceptors (Lipinski definition) is 9. The Labute approximate surface area is 240 Å². The second kappa shape index (κ2) is 9.69. The van der Waals surface area contributed by atoms with Crippen molar-refractivity contribution in [2.75, 3.05) is 9.80 Å². The molecule has 2 unspecified atom stereocenters. The van der Waals surface area contributed by atoms with Crippen LogP contribution in [0.2, 0.25) is 0 Å². The number of phenols is 2. The van der Waals surface area contributed by atoms with Crippen LogP contribution in [0.25, 0.3) is 0 Å². The first kappa shape index (κ1) is 27.0. The molecule has 13 nitrogen and oxygen atoms in total. The molecule has 0 bridgehead atoms. The number of aromatic hydroxyl groups is 2. The zero-order valence-electron chi connectivity index (χ0n) is 21.6. The van der Waals surface area contributed by atoms with Crippen LogP contribution in [0.1, 0.15) is 41.4 Å². The number of anilines is 2. The molecule has 2 aliphatic heterocycles. The fourth-order valence-corrected chi connectivity index (χ4v) is 5.17. The fourth-order valence-electron chi connectivity index (χ4n) is 5.17. The Hall–Kier alpha value is -6.24. The maximum atomic E-state index is 13.2. The third-order valence-corrected chi connectivity index (χ3v) is 7.24. The maximum Gasteiger partial charge on any atom is 0.339 e. The molecule has 43 heavy (non-hydrogen) atoms. The summed E-state index contributed by atoms with van der Waals surface area (Å²) in [5.74, 6) is -8.16. The van der Waals surface area contributed by atoms with E-state index in [2.05, 4.69) is 0 Å². The predicted molar refractivity (Wildman–Crippen MR) is 145 cm³/mol. The predicted octanol–water partition coefficient (Wildman–Crippen LogP) is 2.93. The van der Waals surface area contributed by atoms with Gasteiger partial charge in [-0.3, -0.25) is 19.2 Å². The Bertz CT molecular complexity index is 1890. The zero-order valence-corrected chi connectivity index (χ0v) is 21.6. The normalized spacial score (nSPS) is 18.9. The van der Waals surface area contributed by atoms with Gasteiger partial charge in [0.15, 0.2) is 0 Å². The minimum atomic E-state index is -1.44. The molecular weight excluding hydrogens is 564 g/mol. The largest absolute Gasteiger partial charge is 0.507 e. The summed E-state index contributed by atoms with van der Waals surface area (Å²) < 4.78 is 5.86. The average Bonchev–Trinajstić information content (AvgIpc) is 3.37. The van der Waals surface area contributed by atoms with E-state index in [9.17, 15) is 49.2 Å². The van der Waals surface area contributed by atoms with Crippen LogP contribution in [0.5, 0.6) is 17.2 Å². The number of imide groups is 2. The standard InChI is InChI=1S/C30H18N2O11/c33-23-7-1-13(9-21(23)29(39)40)31-25(35)17-5-3-15(11-19(17)27(31)37)43-16-4-6-18-20(12-16)28(38)32(26(18)36)14-2-8-24(34)22(10-14)30(41)42/h1-12,17,19,33-34H,(H,39,40)(H,41,42). The molecule has 1 fully saturated rings. The number of nitrogens with zero attached hydrogens (tertiary/aromatic N) is 2. The molecule has 0 radical (unpaired) electrons. The van der Waals surface area contributed by atoms with Crippen LogP contribution in [0.4, 0.5) is 11.4 Å². The zero-order chi connectivity index (χ0) is 30.7. The summed E-state index contributed by atoms with van der Waals surface area (Å²) in [6.07, 6.45) is 4.35. The van der Waals surface area contributed by atoms with Crippen LogP contribution in [0.3, 0.4) is 0 Å². The molecule has 1 aliphatic carbocycles. The van der Waals surface area contributed by atoms with Crippen molar-refractivity contribution in [1.82, 2.24) is 0 Å². The van der Waals surface area contributed by atoms with E-state index in [0.717, 1.165) is 34.1 Å². The van der Waals surface area contributed by atoms with E-state index in [1.165, 1.54) is 48.6 Å². The van der Waals surface area contributed by atoms with Gasteiger partial charge in [0.2, 0.25) is 11.8 Å². The quantitative estimate of drug-likeness (QED) is 0.312. The second-order valence-corrected chi connectivity index (χ2v) is 9.76. The smallest absolute Gasteiger partial charge is 0.339 e. The molecule has 0 aromatic heterocycles. The Balaban J connectivity index is 1.24. The number of carboxylic acid groups (broad SMARTS) is 2. The number of allylic oxidation sites excluding steroid dienone is 1. The van der Waals surface area contributed by atoms with Crippen molar-refractivity contribution in [1.29, 1.82) is 0 Å². The lowest BCUT2D eigenvalue weighted by Gasteiger charge is -2.16. The third-order valence-electron chi connectivity index (χ3n) is 7.24. The van der Waals surface area contributed by atoms with Crippen molar-refractivity contribution in [2.24, 2.45) is 11.8 Å². The molecule has 214 valence electrons. The first-order valence-corrected chi connectivity index (χ1v) is 12.6. The highest BCUT2D eigenvalue weighted by molar-refractivity contribution is 6.34. The van der Waals surface area contributed by atoms with E-state index >= 15 is 0 Å². The van der Waals surface area contributed by atoms with E-state index in [-0.39, 0.29) is 34.0 Å². The van der Waals surface area contributed by atoms with E-state index in [4.69, 9.17) is 4.74 Å². The number of hydrogen-bond donors (Lipinski definition) is 4. The summed E-state index contributed by atoms with van der Waals surface area (Å²) in [5.41, 5.74) is -1.01. The molecule has 13 heteroatoms. The maximum absolute atomic E-state index is 13.2. The van der Waals surface area contributed by atoms with Gasteiger partial charge in [-0.05, 0) is 66.7 Å². The van der Waals surface area contributed by atoms with Gasteiger partial charge in [-0.1, -0.05) is 6.08 Å². The van der Waals surface area contributed by atoms with Crippen LogP contribution < -0.4 is 14.5 Å². The van der Waals surface area contributed by atoms with Gasteiger partial charge in [0, 0.05) is 0 Å². The van der Waals surface area contributed by atoms with E-state index in [0.29, 0.717) is 0 Å². The molecule has 2 heterocycles. The van der Waals surface area contributed by atoms with Gasteiger partial charge >= 0.3 is 11.9 Å². The summed E-state index contributed by atoms with van der Waals surface area (Å²) in [7, 11) is 0.